The average Bonchev–Trinajstić information content (AvgIpc) is 2.38. The molecule has 1 aromatic rings. The SMILES string of the molecule is CC1(C#N)CCN(Cc2cccc(F)c2Br)CC1. The van der Waals surface area contributed by atoms with E-state index in [4.69, 9.17) is 5.26 Å². The molecule has 2 nitrogen and oxygen atoms in total. The first-order chi connectivity index (χ1) is 8.54. The van der Waals surface area contributed by atoms with Crippen molar-refractivity contribution in [2.75, 3.05) is 13.1 Å². The number of halogens is 2. The molecular weight excluding hydrogens is 295 g/mol. The average molecular weight is 311 g/mol. The molecule has 0 N–H and O–H groups in total. The van der Waals surface area contributed by atoms with Crippen LogP contribution in [0.4, 0.5) is 4.39 Å². The Labute approximate surface area is 116 Å². The van der Waals surface area contributed by atoms with E-state index in [2.05, 4.69) is 26.9 Å². The molecule has 0 spiro atoms. The Bertz CT molecular complexity index is 473. The van der Waals surface area contributed by atoms with Gasteiger partial charge in [-0.3, -0.25) is 4.90 Å². The fourth-order valence-corrected chi connectivity index (χ4v) is 2.62. The van der Waals surface area contributed by atoms with Crippen molar-refractivity contribution in [1.82, 2.24) is 4.90 Å². The summed E-state index contributed by atoms with van der Waals surface area (Å²) in [6, 6.07) is 7.51. The molecule has 18 heavy (non-hydrogen) atoms. The van der Waals surface area contributed by atoms with Crippen LogP contribution >= 0.6 is 15.9 Å². The highest BCUT2D eigenvalue weighted by atomic mass is 79.9. The Morgan fingerprint density at radius 2 is 2.11 bits per heavy atom. The normalized spacial score (nSPS) is 19.4. The van der Waals surface area contributed by atoms with E-state index in [1.165, 1.54) is 6.07 Å². The molecule has 1 aromatic carbocycles. The lowest BCUT2D eigenvalue weighted by atomic mass is 9.82. The van der Waals surface area contributed by atoms with Crippen LogP contribution in [0.5, 0.6) is 0 Å². The molecule has 0 bridgehead atoms. The minimum absolute atomic E-state index is 0.185. The van der Waals surface area contributed by atoms with Gasteiger partial charge in [0.2, 0.25) is 0 Å². The van der Waals surface area contributed by atoms with Crippen molar-refractivity contribution in [3.05, 3.63) is 34.1 Å². The molecule has 0 amide bonds. The number of rotatable bonds is 2. The van der Waals surface area contributed by atoms with Crippen molar-refractivity contribution >= 4 is 15.9 Å². The van der Waals surface area contributed by atoms with Crippen molar-refractivity contribution in [2.45, 2.75) is 26.3 Å². The van der Waals surface area contributed by atoms with Gasteiger partial charge in [-0.15, -0.1) is 0 Å². The van der Waals surface area contributed by atoms with E-state index >= 15 is 0 Å². The molecule has 0 aromatic heterocycles. The summed E-state index contributed by atoms with van der Waals surface area (Å²) < 4.78 is 14.0. The van der Waals surface area contributed by atoms with Crippen LogP contribution in [-0.2, 0) is 6.54 Å². The van der Waals surface area contributed by atoms with Gasteiger partial charge in [-0.1, -0.05) is 12.1 Å². The summed E-state index contributed by atoms with van der Waals surface area (Å²) in [5, 5.41) is 9.08. The van der Waals surface area contributed by atoms with Gasteiger partial charge in [0.25, 0.3) is 0 Å². The summed E-state index contributed by atoms with van der Waals surface area (Å²) in [7, 11) is 0. The van der Waals surface area contributed by atoms with Crippen molar-refractivity contribution in [1.29, 1.82) is 5.26 Å². The standard InChI is InChI=1S/C14H16BrFN2/c1-14(10-17)5-7-18(8-6-14)9-11-3-2-4-12(16)13(11)15/h2-4H,5-9H2,1H3. The van der Waals surface area contributed by atoms with Crippen LogP contribution in [0.1, 0.15) is 25.3 Å². The monoisotopic (exact) mass is 310 g/mol. The molecule has 0 atom stereocenters. The molecule has 0 radical (unpaired) electrons. The maximum Gasteiger partial charge on any atom is 0.137 e. The highest BCUT2D eigenvalue weighted by Gasteiger charge is 2.29. The molecule has 1 aliphatic heterocycles. The second kappa shape index (κ2) is 5.38. The van der Waals surface area contributed by atoms with Crippen LogP contribution in [0.3, 0.4) is 0 Å². The van der Waals surface area contributed by atoms with E-state index in [9.17, 15) is 4.39 Å². The first-order valence-corrected chi connectivity index (χ1v) is 6.90. The number of nitrogens with zero attached hydrogens (tertiary/aromatic N) is 2. The summed E-state index contributed by atoms with van der Waals surface area (Å²) in [6.45, 7) is 4.54. The van der Waals surface area contributed by atoms with Crippen LogP contribution in [0.2, 0.25) is 0 Å². The first-order valence-electron chi connectivity index (χ1n) is 6.10. The Morgan fingerprint density at radius 3 is 2.72 bits per heavy atom. The molecular formula is C14H16BrFN2. The summed E-state index contributed by atoms with van der Waals surface area (Å²) in [4.78, 5) is 2.28. The van der Waals surface area contributed by atoms with Crippen LogP contribution in [-0.4, -0.2) is 18.0 Å². The third-order valence-electron chi connectivity index (χ3n) is 3.66. The predicted molar refractivity (Wildman–Crippen MR) is 72.3 cm³/mol. The maximum atomic E-state index is 13.4. The molecule has 0 saturated carbocycles. The molecule has 1 saturated heterocycles. The predicted octanol–water partition coefficient (Wildman–Crippen LogP) is 3.71. The Balaban J connectivity index is 2.00. The lowest BCUT2D eigenvalue weighted by molar-refractivity contribution is 0.150. The van der Waals surface area contributed by atoms with Crippen LogP contribution < -0.4 is 0 Å². The van der Waals surface area contributed by atoms with Gasteiger partial charge in [-0.2, -0.15) is 5.26 Å². The van der Waals surface area contributed by atoms with Gasteiger partial charge in [0.05, 0.1) is 16.0 Å². The lowest BCUT2D eigenvalue weighted by Crippen LogP contribution is -2.37. The molecule has 0 aliphatic carbocycles. The van der Waals surface area contributed by atoms with Gasteiger partial charge >= 0.3 is 0 Å². The number of hydrogen-bond donors (Lipinski definition) is 0. The van der Waals surface area contributed by atoms with Crippen LogP contribution in [0, 0.1) is 22.6 Å². The third-order valence-corrected chi connectivity index (χ3v) is 4.54. The first kappa shape index (κ1) is 13.5. The second-order valence-electron chi connectivity index (χ2n) is 5.16. The van der Waals surface area contributed by atoms with E-state index in [0.717, 1.165) is 38.0 Å². The zero-order chi connectivity index (χ0) is 13.2. The highest BCUT2D eigenvalue weighted by molar-refractivity contribution is 9.10. The van der Waals surface area contributed by atoms with Crippen molar-refractivity contribution in [3.8, 4) is 6.07 Å². The van der Waals surface area contributed by atoms with Crippen molar-refractivity contribution in [2.24, 2.45) is 5.41 Å². The maximum absolute atomic E-state index is 13.4. The minimum atomic E-state index is -0.216. The molecule has 96 valence electrons. The van der Waals surface area contributed by atoms with Gasteiger partial charge in [0.1, 0.15) is 5.82 Å². The van der Waals surface area contributed by atoms with Crippen molar-refractivity contribution in [3.63, 3.8) is 0 Å². The number of likely N-dealkylation sites (tertiary alicyclic amines) is 1. The van der Waals surface area contributed by atoms with E-state index < -0.39 is 0 Å². The molecule has 1 fully saturated rings. The van der Waals surface area contributed by atoms with Crippen LogP contribution in [0.15, 0.2) is 22.7 Å². The summed E-state index contributed by atoms with van der Waals surface area (Å²) in [5.74, 6) is -0.216. The van der Waals surface area contributed by atoms with Gasteiger partial charge in [-0.25, -0.2) is 4.39 Å². The van der Waals surface area contributed by atoms with Crippen LogP contribution in [0.25, 0.3) is 0 Å². The smallest absolute Gasteiger partial charge is 0.137 e. The van der Waals surface area contributed by atoms with E-state index in [-0.39, 0.29) is 11.2 Å². The molecule has 2 rings (SSSR count). The van der Waals surface area contributed by atoms with E-state index in [1.807, 2.05) is 13.0 Å². The zero-order valence-electron chi connectivity index (χ0n) is 10.4. The third kappa shape index (κ3) is 2.90. The Morgan fingerprint density at radius 1 is 1.44 bits per heavy atom. The van der Waals surface area contributed by atoms with Crippen molar-refractivity contribution < 1.29 is 4.39 Å². The lowest BCUT2D eigenvalue weighted by Gasteiger charge is -2.35. The van der Waals surface area contributed by atoms with E-state index in [0.29, 0.717) is 4.47 Å². The molecule has 0 unspecified atom stereocenters. The zero-order valence-corrected chi connectivity index (χ0v) is 12.0. The summed E-state index contributed by atoms with van der Waals surface area (Å²) >= 11 is 3.29. The molecule has 1 aliphatic rings. The summed E-state index contributed by atoms with van der Waals surface area (Å²) in [6.07, 6.45) is 1.77. The Hall–Kier alpha value is -0.920. The summed E-state index contributed by atoms with van der Waals surface area (Å²) in [5.41, 5.74) is 0.783. The molecule has 4 heteroatoms. The number of benzene rings is 1. The number of nitriles is 1. The largest absolute Gasteiger partial charge is 0.299 e. The fourth-order valence-electron chi connectivity index (χ4n) is 2.23. The quantitative estimate of drug-likeness (QED) is 0.832. The van der Waals surface area contributed by atoms with E-state index in [1.54, 1.807) is 6.07 Å². The highest BCUT2D eigenvalue weighted by Crippen LogP contribution is 2.31. The van der Waals surface area contributed by atoms with Gasteiger partial charge in [0.15, 0.2) is 0 Å². The van der Waals surface area contributed by atoms with Gasteiger partial charge in [0, 0.05) is 6.54 Å². The minimum Gasteiger partial charge on any atom is -0.299 e. The van der Waals surface area contributed by atoms with Gasteiger partial charge in [-0.05, 0) is 60.4 Å². The topological polar surface area (TPSA) is 27.0 Å². The molecule has 1 heterocycles. The second-order valence-corrected chi connectivity index (χ2v) is 5.95. The van der Waals surface area contributed by atoms with Gasteiger partial charge < -0.3 is 0 Å². The number of hydrogen-bond acceptors (Lipinski definition) is 2. The Kier molecular flexibility index (Phi) is 4.04. The fraction of sp³-hybridized carbons (Fsp3) is 0.500. The number of piperidine rings is 1.